The Morgan fingerprint density at radius 2 is 2.06 bits per heavy atom. The number of nitrogens with two attached hydrogens (primary N) is 1. The third kappa shape index (κ3) is 2.56. The normalized spacial score (nSPS) is 17.5. The van der Waals surface area contributed by atoms with Crippen LogP contribution in [0, 0.1) is 0 Å². The van der Waals surface area contributed by atoms with Gasteiger partial charge in [-0.1, -0.05) is 12.2 Å². The Hall–Kier alpha value is -1.36. The molecule has 0 saturated carbocycles. The molecule has 2 rings (SSSR count). The van der Waals surface area contributed by atoms with Crippen LogP contribution >= 0.6 is 12.2 Å². The maximum atomic E-state index is 12.4. The maximum absolute atomic E-state index is 12.4. The highest BCUT2D eigenvalue weighted by molar-refractivity contribution is 7.80. The van der Waals surface area contributed by atoms with Crippen molar-refractivity contribution in [2.45, 2.75) is 32.2 Å². The van der Waals surface area contributed by atoms with Crippen molar-refractivity contribution in [3.63, 3.8) is 0 Å². The van der Waals surface area contributed by atoms with Crippen LogP contribution in [0.25, 0.3) is 0 Å². The highest BCUT2D eigenvalue weighted by Gasteiger charge is 2.24. The van der Waals surface area contributed by atoms with Crippen molar-refractivity contribution in [1.82, 2.24) is 9.47 Å². The van der Waals surface area contributed by atoms with Crippen molar-refractivity contribution in [2.75, 3.05) is 13.1 Å². The van der Waals surface area contributed by atoms with Crippen molar-refractivity contribution in [3.8, 4) is 0 Å². The Balaban J connectivity index is 2.14. The van der Waals surface area contributed by atoms with Crippen LogP contribution in [0.15, 0.2) is 18.3 Å². The van der Waals surface area contributed by atoms with Gasteiger partial charge in [0.2, 0.25) is 5.91 Å². The van der Waals surface area contributed by atoms with E-state index in [2.05, 4.69) is 0 Å². The molecular weight excluding hydrogens is 246 g/mol. The first-order chi connectivity index (χ1) is 8.61. The van der Waals surface area contributed by atoms with E-state index >= 15 is 0 Å². The lowest BCUT2D eigenvalue weighted by Crippen LogP contribution is -2.40. The Labute approximate surface area is 113 Å². The molecule has 0 bridgehead atoms. The highest BCUT2D eigenvalue weighted by atomic mass is 32.1. The molecule has 2 heterocycles. The number of hydrogen-bond donors (Lipinski definition) is 1. The molecule has 1 aromatic heterocycles. The van der Waals surface area contributed by atoms with E-state index in [4.69, 9.17) is 18.0 Å². The smallest absolute Gasteiger partial charge is 0.245 e. The van der Waals surface area contributed by atoms with Crippen molar-refractivity contribution in [2.24, 2.45) is 5.73 Å². The Bertz CT molecular complexity index is 449. The number of nitrogens with zero attached hydrogens (tertiary/aromatic N) is 2. The van der Waals surface area contributed by atoms with Gasteiger partial charge in [-0.05, 0) is 38.3 Å². The second kappa shape index (κ2) is 5.52. The van der Waals surface area contributed by atoms with E-state index in [1.165, 1.54) is 6.42 Å². The van der Waals surface area contributed by atoms with E-state index in [1.54, 1.807) is 0 Å². The summed E-state index contributed by atoms with van der Waals surface area (Å²) in [7, 11) is 0. The van der Waals surface area contributed by atoms with Gasteiger partial charge in [-0.15, -0.1) is 0 Å². The molecule has 0 spiro atoms. The fourth-order valence-corrected chi connectivity index (χ4v) is 2.61. The minimum absolute atomic E-state index is 0.156. The molecule has 1 amide bonds. The molecule has 2 N–H and O–H groups in total. The quantitative estimate of drug-likeness (QED) is 0.846. The Morgan fingerprint density at radius 3 is 2.67 bits per heavy atom. The molecule has 0 aliphatic carbocycles. The molecule has 0 radical (unpaired) electrons. The largest absolute Gasteiger partial charge is 0.388 e. The molecule has 1 aliphatic heterocycles. The van der Waals surface area contributed by atoms with E-state index < -0.39 is 0 Å². The summed E-state index contributed by atoms with van der Waals surface area (Å²) in [6.07, 6.45) is 5.29. The zero-order valence-corrected chi connectivity index (χ0v) is 11.4. The Kier molecular flexibility index (Phi) is 4.01. The molecule has 18 heavy (non-hydrogen) atoms. The third-order valence-corrected chi connectivity index (χ3v) is 3.68. The molecule has 5 heteroatoms. The van der Waals surface area contributed by atoms with Crippen LogP contribution in [0.3, 0.4) is 0 Å². The highest BCUT2D eigenvalue weighted by Crippen LogP contribution is 2.18. The van der Waals surface area contributed by atoms with Gasteiger partial charge >= 0.3 is 0 Å². The molecule has 1 atom stereocenters. The number of rotatable bonds is 3. The number of carbonyl (C=O) groups excluding carboxylic acids is 1. The molecule has 98 valence electrons. The topological polar surface area (TPSA) is 51.3 Å². The van der Waals surface area contributed by atoms with Crippen LogP contribution in [0.4, 0.5) is 0 Å². The van der Waals surface area contributed by atoms with Crippen LogP contribution in [-0.4, -0.2) is 33.5 Å². The lowest BCUT2D eigenvalue weighted by molar-refractivity contribution is -0.135. The zero-order valence-electron chi connectivity index (χ0n) is 10.6. The average Bonchev–Trinajstić information content (AvgIpc) is 2.87. The lowest BCUT2D eigenvalue weighted by atomic mass is 10.1. The van der Waals surface area contributed by atoms with Gasteiger partial charge in [-0.2, -0.15) is 0 Å². The molecule has 1 unspecified atom stereocenters. The standard InChI is InChI=1S/C13H19N3OS/c1-10(13(17)15-7-3-2-4-8-15)16-9-5-6-11(16)12(14)18/h5-6,9-10H,2-4,7-8H2,1H3,(H2,14,18). The third-order valence-electron chi connectivity index (χ3n) is 3.47. The summed E-state index contributed by atoms with van der Waals surface area (Å²) in [5, 5.41) is 0. The van der Waals surface area contributed by atoms with Crippen LogP contribution in [-0.2, 0) is 4.79 Å². The van der Waals surface area contributed by atoms with Crippen LogP contribution in [0.5, 0.6) is 0 Å². The maximum Gasteiger partial charge on any atom is 0.245 e. The molecule has 1 saturated heterocycles. The summed E-state index contributed by atoms with van der Waals surface area (Å²) >= 11 is 5.00. The first kappa shape index (κ1) is 13.1. The number of amides is 1. The number of thiocarbonyl (C=S) groups is 1. The number of hydrogen-bond acceptors (Lipinski definition) is 2. The number of carbonyl (C=O) groups is 1. The number of piperidine rings is 1. The molecule has 0 aromatic carbocycles. The van der Waals surface area contributed by atoms with E-state index in [0.717, 1.165) is 31.6 Å². The monoisotopic (exact) mass is 265 g/mol. The minimum Gasteiger partial charge on any atom is -0.388 e. The van der Waals surface area contributed by atoms with Crippen molar-refractivity contribution >= 4 is 23.1 Å². The zero-order chi connectivity index (χ0) is 13.1. The van der Waals surface area contributed by atoms with Gasteiger partial charge in [0.25, 0.3) is 0 Å². The number of aromatic nitrogens is 1. The van der Waals surface area contributed by atoms with Crippen molar-refractivity contribution < 1.29 is 4.79 Å². The van der Waals surface area contributed by atoms with E-state index in [1.807, 2.05) is 34.7 Å². The first-order valence-electron chi connectivity index (χ1n) is 6.36. The summed E-state index contributed by atoms with van der Waals surface area (Å²) in [4.78, 5) is 14.7. The average molecular weight is 265 g/mol. The van der Waals surface area contributed by atoms with Gasteiger partial charge in [-0.3, -0.25) is 4.79 Å². The van der Waals surface area contributed by atoms with Crippen LogP contribution in [0.2, 0.25) is 0 Å². The van der Waals surface area contributed by atoms with Gasteiger partial charge in [-0.25, -0.2) is 0 Å². The van der Waals surface area contributed by atoms with Crippen molar-refractivity contribution in [3.05, 3.63) is 24.0 Å². The molecule has 1 aliphatic rings. The van der Waals surface area contributed by atoms with Gasteiger partial charge in [0, 0.05) is 19.3 Å². The second-order valence-corrected chi connectivity index (χ2v) is 5.17. The predicted molar refractivity (Wildman–Crippen MR) is 75.5 cm³/mol. The van der Waals surface area contributed by atoms with Crippen LogP contribution < -0.4 is 5.73 Å². The molecule has 4 nitrogen and oxygen atoms in total. The fraction of sp³-hybridized carbons (Fsp3) is 0.538. The van der Waals surface area contributed by atoms with Crippen molar-refractivity contribution in [1.29, 1.82) is 0 Å². The fourth-order valence-electron chi connectivity index (χ4n) is 2.44. The SMILES string of the molecule is CC(C(=O)N1CCCCC1)n1cccc1C(N)=S. The predicted octanol–water partition coefficient (Wildman–Crippen LogP) is 1.70. The van der Waals surface area contributed by atoms with E-state index in [9.17, 15) is 4.79 Å². The van der Waals surface area contributed by atoms with Crippen LogP contribution in [0.1, 0.15) is 37.9 Å². The minimum atomic E-state index is -0.241. The lowest BCUT2D eigenvalue weighted by Gasteiger charge is -2.30. The summed E-state index contributed by atoms with van der Waals surface area (Å²) in [6, 6.07) is 3.48. The van der Waals surface area contributed by atoms with Gasteiger partial charge in [0.1, 0.15) is 11.0 Å². The molecule has 1 fully saturated rings. The van der Waals surface area contributed by atoms with E-state index in [-0.39, 0.29) is 11.9 Å². The second-order valence-electron chi connectivity index (χ2n) is 4.73. The molecule has 1 aromatic rings. The Morgan fingerprint density at radius 1 is 1.39 bits per heavy atom. The summed E-state index contributed by atoms with van der Waals surface area (Å²) in [5.74, 6) is 0.156. The summed E-state index contributed by atoms with van der Waals surface area (Å²) in [5.41, 5.74) is 6.41. The van der Waals surface area contributed by atoms with Gasteiger partial charge < -0.3 is 15.2 Å². The van der Waals surface area contributed by atoms with E-state index in [0.29, 0.717) is 4.99 Å². The van der Waals surface area contributed by atoms with Gasteiger partial charge in [0.15, 0.2) is 0 Å². The van der Waals surface area contributed by atoms with Gasteiger partial charge in [0.05, 0.1) is 5.69 Å². The summed E-state index contributed by atoms with van der Waals surface area (Å²) < 4.78 is 1.86. The molecular formula is C13H19N3OS. The summed E-state index contributed by atoms with van der Waals surface area (Å²) in [6.45, 7) is 3.64. The first-order valence-corrected chi connectivity index (χ1v) is 6.77. The number of likely N-dealkylation sites (tertiary alicyclic amines) is 1.